The summed E-state index contributed by atoms with van der Waals surface area (Å²) in [5, 5.41) is 0.596. The number of para-hydroxylation sites is 1. The van der Waals surface area contributed by atoms with E-state index in [1.165, 1.54) is 5.56 Å². The van der Waals surface area contributed by atoms with E-state index in [9.17, 15) is 4.79 Å². The zero-order chi connectivity index (χ0) is 21.1. The van der Waals surface area contributed by atoms with Crippen molar-refractivity contribution in [3.05, 3.63) is 88.2 Å². The van der Waals surface area contributed by atoms with Crippen LogP contribution in [-0.2, 0) is 13.0 Å². The molecule has 30 heavy (non-hydrogen) atoms. The lowest BCUT2D eigenvalue weighted by Gasteiger charge is -2.16. The Kier molecular flexibility index (Phi) is 5.53. The number of aryl methyl sites for hydroxylation is 1. The molecule has 4 aromatic rings. The van der Waals surface area contributed by atoms with E-state index in [1.54, 1.807) is 18.8 Å². The first-order chi connectivity index (χ1) is 14.6. The standard InChI is InChI=1S/C25H24N2O3/c1-4-17-9-11-18(12-10-17)24-26-22-8-6-5-7-21(22)25(28)27(24)16-19-13-14-20(29-2)15-23(19)30-3/h5-15H,4,16H2,1-3H3. The zero-order valence-electron chi connectivity index (χ0n) is 17.4. The second-order valence-electron chi connectivity index (χ2n) is 7.07. The maximum atomic E-state index is 13.4. The molecule has 5 nitrogen and oxygen atoms in total. The van der Waals surface area contributed by atoms with Crippen LogP contribution in [0.5, 0.6) is 11.5 Å². The summed E-state index contributed by atoms with van der Waals surface area (Å²) in [6, 6.07) is 21.3. The van der Waals surface area contributed by atoms with Crippen LogP contribution < -0.4 is 15.0 Å². The SMILES string of the molecule is CCc1ccc(-c2nc3ccccc3c(=O)n2Cc2ccc(OC)cc2OC)cc1. The van der Waals surface area contributed by atoms with E-state index in [0.29, 0.717) is 34.8 Å². The van der Waals surface area contributed by atoms with E-state index >= 15 is 0 Å². The van der Waals surface area contributed by atoms with Gasteiger partial charge in [0, 0.05) is 17.2 Å². The number of hydrogen-bond acceptors (Lipinski definition) is 4. The predicted molar refractivity (Wildman–Crippen MR) is 119 cm³/mol. The number of aromatic nitrogens is 2. The lowest BCUT2D eigenvalue weighted by molar-refractivity contribution is 0.390. The van der Waals surface area contributed by atoms with Crippen LogP contribution in [0, 0.1) is 0 Å². The van der Waals surface area contributed by atoms with Crippen molar-refractivity contribution in [2.75, 3.05) is 14.2 Å². The molecule has 1 aromatic heterocycles. The van der Waals surface area contributed by atoms with Crippen molar-refractivity contribution in [2.45, 2.75) is 19.9 Å². The van der Waals surface area contributed by atoms with Crippen LogP contribution >= 0.6 is 0 Å². The van der Waals surface area contributed by atoms with Crippen LogP contribution in [-0.4, -0.2) is 23.8 Å². The average molecular weight is 400 g/mol. The van der Waals surface area contributed by atoms with Crippen molar-refractivity contribution < 1.29 is 9.47 Å². The van der Waals surface area contributed by atoms with Crippen molar-refractivity contribution >= 4 is 10.9 Å². The number of hydrogen-bond donors (Lipinski definition) is 0. The van der Waals surface area contributed by atoms with Crippen molar-refractivity contribution in [1.29, 1.82) is 0 Å². The minimum atomic E-state index is -0.0759. The first kappa shape index (κ1) is 19.7. The van der Waals surface area contributed by atoms with Crippen LogP contribution in [0.1, 0.15) is 18.1 Å². The van der Waals surface area contributed by atoms with E-state index in [1.807, 2.05) is 54.6 Å². The maximum absolute atomic E-state index is 13.4. The van der Waals surface area contributed by atoms with Gasteiger partial charge in [-0.25, -0.2) is 4.98 Å². The molecule has 0 spiro atoms. The highest BCUT2D eigenvalue weighted by molar-refractivity contribution is 5.79. The highest BCUT2D eigenvalue weighted by Crippen LogP contribution is 2.27. The fraction of sp³-hybridized carbons (Fsp3) is 0.200. The molecule has 0 N–H and O–H groups in total. The molecule has 0 unspecified atom stereocenters. The molecular weight excluding hydrogens is 376 g/mol. The molecule has 0 saturated heterocycles. The molecule has 5 heteroatoms. The number of benzene rings is 3. The van der Waals surface area contributed by atoms with Gasteiger partial charge in [0.15, 0.2) is 0 Å². The van der Waals surface area contributed by atoms with Gasteiger partial charge in [-0.1, -0.05) is 43.3 Å². The summed E-state index contributed by atoms with van der Waals surface area (Å²) in [7, 11) is 3.23. The Labute approximate surface area is 175 Å². The molecule has 0 amide bonds. The first-order valence-corrected chi connectivity index (χ1v) is 9.94. The Morgan fingerprint density at radius 1 is 0.933 bits per heavy atom. The summed E-state index contributed by atoms with van der Waals surface area (Å²) in [6.07, 6.45) is 0.960. The smallest absolute Gasteiger partial charge is 0.261 e. The van der Waals surface area contributed by atoms with Gasteiger partial charge >= 0.3 is 0 Å². The summed E-state index contributed by atoms with van der Waals surface area (Å²) in [4.78, 5) is 18.3. The Bertz CT molecular complexity index is 1240. The minimum absolute atomic E-state index is 0.0759. The van der Waals surface area contributed by atoms with Crippen molar-refractivity contribution in [3.8, 4) is 22.9 Å². The Morgan fingerprint density at radius 3 is 2.40 bits per heavy atom. The van der Waals surface area contributed by atoms with E-state index < -0.39 is 0 Å². The molecule has 3 aromatic carbocycles. The number of nitrogens with zero attached hydrogens (tertiary/aromatic N) is 2. The molecule has 0 atom stereocenters. The number of rotatable bonds is 6. The van der Waals surface area contributed by atoms with Gasteiger partial charge in [-0.3, -0.25) is 9.36 Å². The molecule has 0 aliphatic heterocycles. The number of fused-ring (bicyclic) bond motifs is 1. The first-order valence-electron chi connectivity index (χ1n) is 9.94. The molecule has 1 heterocycles. The van der Waals surface area contributed by atoms with E-state index in [0.717, 1.165) is 17.5 Å². The quantitative estimate of drug-likeness (QED) is 0.471. The third-order valence-corrected chi connectivity index (χ3v) is 5.30. The highest BCUT2D eigenvalue weighted by atomic mass is 16.5. The van der Waals surface area contributed by atoms with E-state index in [-0.39, 0.29) is 5.56 Å². The maximum Gasteiger partial charge on any atom is 0.261 e. The Balaban J connectivity index is 1.91. The fourth-order valence-electron chi connectivity index (χ4n) is 3.58. The van der Waals surface area contributed by atoms with Gasteiger partial charge in [-0.05, 0) is 36.2 Å². The van der Waals surface area contributed by atoms with Crippen LogP contribution in [0.4, 0.5) is 0 Å². The molecule has 0 saturated carbocycles. The molecule has 0 aliphatic rings. The molecular formula is C25H24N2O3. The highest BCUT2D eigenvalue weighted by Gasteiger charge is 2.15. The van der Waals surface area contributed by atoms with E-state index in [2.05, 4.69) is 19.1 Å². The molecule has 0 bridgehead atoms. The molecule has 0 aliphatic carbocycles. The monoisotopic (exact) mass is 400 g/mol. The summed E-state index contributed by atoms with van der Waals surface area (Å²) in [5.41, 5.74) is 3.64. The minimum Gasteiger partial charge on any atom is -0.497 e. The predicted octanol–water partition coefficient (Wildman–Crippen LogP) is 4.69. The summed E-state index contributed by atoms with van der Waals surface area (Å²) in [5.74, 6) is 2.01. The second kappa shape index (κ2) is 8.41. The summed E-state index contributed by atoms with van der Waals surface area (Å²) in [6.45, 7) is 2.46. The van der Waals surface area contributed by atoms with Gasteiger partial charge in [0.25, 0.3) is 5.56 Å². The van der Waals surface area contributed by atoms with Crippen LogP contribution in [0.15, 0.2) is 71.5 Å². The third-order valence-electron chi connectivity index (χ3n) is 5.30. The third kappa shape index (κ3) is 3.66. The molecule has 0 fully saturated rings. The van der Waals surface area contributed by atoms with Gasteiger partial charge in [-0.2, -0.15) is 0 Å². The average Bonchev–Trinajstić information content (AvgIpc) is 2.81. The van der Waals surface area contributed by atoms with Gasteiger partial charge in [0.2, 0.25) is 0 Å². The van der Waals surface area contributed by atoms with E-state index in [4.69, 9.17) is 14.5 Å². The normalized spacial score (nSPS) is 10.9. The summed E-state index contributed by atoms with van der Waals surface area (Å²) < 4.78 is 12.6. The van der Waals surface area contributed by atoms with Crippen molar-refractivity contribution in [3.63, 3.8) is 0 Å². The zero-order valence-corrected chi connectivity index (χ0v) is 17.4. The molecule has 0 radical (unpaired) electrons. The van der Waals surface area contributed by atoms with Crippen molar-refractivity contribution in [2.24, 2.45) is 0 Å². The number of methoxy groups -OCH3 is 2. The molecule has 152 valence electrons. The van der Waals surface area contributed by atoms with Crippen LogP contribution in [0.2, 0.25) is 0 Å². The fourth-order valence-corrected chi connectivity index (χ4v) is 3.58. The topological polar surface area (TPSA) is 53.4 Å². The lowest BCUT2D eigenvalue weighted by atomic mass is 10.1. The second-order valence-corrected chi connectivity index (χ2v) is 7.07. The van der Waals surface area contributed by atoms with Gasteiger partial charge in [0.1, 0.15) is 17.3 Å². The molecule has 4 rings (SSSR count). The van der Waals surface area contributed by atoms with Gasteiger partial charge in [0.05, 0.1) is 31.7 Å². The Morgan fingerprint density at radius 2 is 1.70 bits per heavy atom. The van der Waals surface area contributed by atoms with Gasteiger partial charge in [-0.15, -0.1) is 0 Å². The number of ether oxygens (including phenoxy) is 2. The summed E-state index contributed by atoms with van der Waals surface area (Å²) >= 11 is 0. The van der Waals surface area contributed by atoms with Crippen LogP contribution in [0.25, 0.3) is 22.3 Å². The van der Waals surface area contributed by atoms with Crippen LogP contribution in [0.3, 0.4) is 0 Å². The lowest BCUT2D eigenvalue weighted by Crippen LogP contribution is -2.24. The largest absolute Gasteiger partial charge is 0.497 e. The van der Waals surface area contributed by atoms with Gasteiger partial charge < -0.3 is 9.47 Å². The van der Waals surface area contributed by atoms with Crippen molar-refractivity contribution in [1.82, 2.24) is 9.55 Å². The Hall–Kier alpha value is -3.60.